The van der Waals surface area contributed by atoms with E-state index in [1.165, 1.54) is 19.3 Å². The van der Waals surface area contributed by atoms with Gasteiger partial charge in [-0.3, -0.25) is 9.59 Å². The third kappa shape index (κ3) is 9.14. The topological polar surface area (TPSA) is 117 Å². The van der Waals surface area contributed by atoms with Crippen molar-refractivity contribution in [2.45, 2.75) is 121 Å². The number of carbonyl (C=O) groups excluding carboxylic acids is 2. The zero-order chi connectivity index (χ0) is 23.6. The van der Waals surface area contributed by atoms with Crippen LogP contribution in [0.2, 0.25) is 0 Å². The number of carboxylic acid groups (broad SMARTS) is 1. The Morgan fingerprint density at radius 1 is 0.848 bits per heavy atom. The average Bonchev–Trinajstić information content (AvgIpc) is 2.77. The molecular weight excluding hydrogens is 422 g/mol. The van der Waals surface area contributed by atoms with Crippen molar-refractivity contribution in [2.24, 2.45) is 11.8 Å². The van der Waals surface area contributed by atoms with Gasteiger partial charge in [0.25, 0.3) is 0 Å². The molecule has 3 aliphatic rings. The van der Waals surface area contributed by atoms with Gasteiger partial charge < -0.3 is 25.8 Å². The quantitative estimate of drug-likeness (QED) is 0.414. The van der Waals surface area contributed by atoms with E-state index in [0.29, 0.717) is 24.3 Å². The van der Waals surface area contributed by atoms with E-state index >= 15 is 0 Å². The van der Waals surface area contributed by atoms with Gasteiger partial charge in [-0.25, -0.2) is 4.79 Å². The fourth-order valence-electron chi connectivity index (χ4n) is 5.73. The molecule has 4 unspecified atom stereocenters. The molecule has 0 aromatic heterocycles. The van der Waals surface area contributed by atoms with Crippen molar-refractivity contribution in [3.8, 4) is 0 Å². The zero-order valence-corrected chi connectivity index (χ0v) is 20.2. The van der Waals surface area contributed by atoms with Gasteiger partial charge in [-0.1, -0.05) is 19.8 Å². The molecule has 3 saturated carbocycles. The van der Waals surface area contributed by atoms with Crippen molar-refractivity contribution >= 4 is 17.9 Å². The number of aliphatic carboxylic acids is 1. The summed E-state index contributed by atoms with van der Waals surface area (Å²) in [6, 6.07) is 0.573. The minimum Gasteiger partial charge on any atom is -0.481 e. The third-order valence-corrected chi connectivity index (χ3v) is 7.74. The van der Waals surface area contributed by atoms with Crippen LogP contribution in [0.3, 0.4) is 0 Å². The molecule has 0 aromatic rings. The molecule has 0 radical (unpaired) electrons. The van der Waals surface area contributed by atoms with Crippen LogP contribution in [0.4, 0.5) is 4.79 Å². The number of rotatable bonds is 9. The van der Waals surface area contributed by atoms with E-state index in [-0.39, 0.29) is 43.2 Å². The predicted molar refractivity (Wildman–Crippen MR) is 126 cm³/mol. The number of ether oxygens (including phenoxy) is 1. The van der Waals surface area contributed by atoms with E-state index in [4.69, 9.17) is 9.84 Å². The number of amides is 3. The van der Waals surface area contributed by atoms with Crippen molar-refractivity contribution in [1.29, 1.82) is 0 Å². The number of carboxylic acids is 1. The van der Waals surface area contributed by atoms with E-state index < -0.39 is 5.97 Å². The van der Waals surface area contributed by atoms with Crippen LogP contribution < -0.4 is 16.0 Å². The normalized spacial score (nSPS) is 32.5. The zero-order valence-electron chi connectivity index (χ0n) is 20.2. The van der Waals surface area contributed by atoms with Crippen LogP contribution in [0.5, 0.6) is 0 Å². The minimum absolute atomic E-state index is 0.0203. The van der Waals surface area contributed by atoms with Gasteiger partial charge in [-0.2, -0.15) is 0 Å². The summed E-state index contributed by atoms with van der Waals surface area (Å²) in [5.41, 5.74) is 0. The highest BCUT2D eigenvalue weighted by Gasteiger charge is 2.28. The van der Waals surface area contributed by atoms with Crippen LogP contribution >= 0.6 is 0 Å². The molecular formula is C25H43N3O5. The molecule has 8 nitrogen and oxygen atoms in total. The summed E-state index contributed by atoms with van der Waals surface area (Å²) in [7, 11) is 0. The molecule has 0 aliphatic heterocycles. The smallest absolute Gasteiger partial charge is 0.315 e. The van der Waals surface area contributed by atoms with Gasteiger partial charge in [0.15, 0.2) is 0 Å². The molecule has 4 N–H and O–H groups in total. The molecule has 4 atom stereocenters. The molecule has 0 heterocycles. The summed E-state index contributed by atoms with van der Waals surface area (Å²) in [5.74, 6) is 0.178. The van der Waals surface area contributed by atoms with Gasteiger partial charge in [-0.05, 0) is 76.0 Å². The van der Waals surface area contributed by atoms with E-state index in [1.807, 2.05) is 0 Å². The van der Waals surface area contributed by atoms with Crippen molar-refractivity contribution in [1.82, 2.24) is 16.0 Å². The Kier molecular flexibility index (Phi) is 10.3. The Morgan fingerprint density at radius 3 is 2.33 bits per heavy atom. The average molecular weight is 466 g/mol. The Morgan fingerprint density at radius 2 is 1.61 bits per heavy atom. The van der Waals surface area contributed by atoms with Crippen LogP contribution in [0.1, 0.15) is 96.8 Å². The molecule has 188 valence electrons. The van der Waals surface area contributed by atoms with Crippen LogP contribution in [-0.2, 0) is 14.3 Å². The maximum atomic E-state index is 12.6. The molecule has 3 aliphatic carbocycles. The summed E-state index contributed by atoms with van der Waals surface area (Å²) in [5, 5.41) is 18.2. The van der Waals surface area contributed by atoms with Crippen LogP contribution in [-0.4, -0.2) is 53.9 Å². The van der Waals surface area contributed by atoms with Crippen LogP contribution in [0.15, 0.2) is 0 Å². The summed E-state index contributed by atoms with van der Waals surface area (Å²) in [6.07, 6.45) is 12.7. The first kappa shape index (κ1) is 25.8. The molecule has 8 heteroatoms. The van der Waals surface area contributed by atoms with E-state index in [1.54, 1.807) is 0 Å². The van der Waals surface area contributed by atoms with Gasteiger partial charge in [0.2, 0.25) is 5.91 Å². The van der Waals surface area contributed by atoms with Gasteiger partial charge >= 0.3 is 12.0 Å². The summed E-state index contributed by atoms with van der Waals surface area (Å²) >= 11 is 0. The Hall–Kier alpha value is -1.83. The van der Waals surface area contributed by atoms with Crippen molar-refractivity contribution in [3.63, 3.8) is 0 Å². The van der Waals surface area contributed by atoms with Gasteiger partial charge in [-0.15, -0.1) is 0 Å². The summed E-state index contributed by atoms with van der Waals surface area (Å²) in [6.45, 7) is 2.45. The number of urea groups is 1. The van der Waals surface area contributed by atoms with Crippen molar-refractivity contribution in [3.05, 3.63) is 0 Å². The second kappa shape index (κ2) is 13.2. The number of hydrogen-bond donors (Lipinski definition) is 4. The fourth-order valence-corrected chi connectivity index (χ4v) is 5.73. The van der Waals surface area contributed by atoms with Crippen molar-refractivity contribution < 1.29 is 24.2 Å². The Labute approximate surface area is 198 Å². The minimum atomic E-state index is -0.847. The lowest BCUT2D eigenvalue weighted by Gasteiger charge is -2.33. The maximum Gasteiger partial charge on any atom is 0.315 e. The van der Waals surface area contributed by atoms with E-state index in [2.05, 4.69) is 22.9 Å². The highest BCUT2D eigenvalue weighted by molar-refractivity contribution is 5.76. The SMILES string of the molecule is CC1CCCCC1NC(=O)NC1CCC(CC(=O)NC2CCCC(OCCC(=O)O)C2)CC1. The number of carbonyl (C=O) groups is 3. The number of nitrogens with one attached hydrogen (secondary N) is 3. The summed E-state index contributed by atoms with van der Waals surface area (Å²) in [4.78, 5) is 35.6. The molecule has 3 fully saturated rings. The highest BCUT2D eigenvalue weighted by atomic mass is 16.5. The lowest BCUT2D eigenvalue weighted by Crippen LogP contribution is -2.49. The fraction of sp³-hybridized carbons (Fsp3) is 0.880. The van der Waals surface area contributed by atoms with Gasteiger partial charge in [0.05, 0.1) is 19.1 Å². The Balaban J connectivity index is 1.29. The van der Waals surface area contributed by atoms with E-state index in [9.17, 15) is 14.4 Å². The predicted octanol–water partition coefficient (Wildman–Crippen LogP) is 3.73. The first-order valence-electron chi connectivity index (χ1n) is 13.1. The highest BCUT2D eigenvalue weighted by Crippen LogP contribution is 2.28. The Bertz CT molecular complexity index is 650. The molecule has 0 saturated heterocycles. The molecule has 0 aromatic carbocycles. The number of hydrogen-bond acceptors (Lipinski definition) is 4. The largest absolute Gasteiger partial charge is 0.481 e. The lowest BCUT2D eigenvalue weighted by atomic mass is 9.83. The van der Waals surface area contributed by atoms with Gasteiger partial charge in [0.1, 0.15) is 0 Å². The monoisotopic (exact) mass is 465 g/mol. The first-order valence-corrected chi connectivity index (χ1v) is 13.1. The van der Waals surface area contributed by atoms with Crippen molar-refractivity contribution in [2.75, 3.05) is 6.61 Å². The van der Waals surface area contributed by atoms with Gasteiger partial charge in [0, 0.05) is 24.5 Å². The maximum absolute atomic E-state index is 12.6. The summed E-state index contributed by atoms with van der Waals surface area (Å²) < 4.78 is 5.68. The first-order chi connectivity index (χ1) is 15.9. The van der Waals surface area contributed by atoms with Crippen LogP contribution in [0, 0.1) is 11.8 Å². The molecule has 3 rings (SSSR count). The van der Waals surface area contributed by atoms with Crippen LogP contribution in [0.25, 0.3) is 0 Å². The molecule has 0 spiro atoms. The lowest BCUT2D eigenvalue weighted by molar-refractivity contribution is -0.138. The van der Waals surface area contributed by atoms with E-state index in [0.717, 1.165) is 57.8 Å². The molecule has 0 bridgehead atoms. The third-order valence-electron chi connectivity index (χ3n) is 7.74. The second-order valence-electron chi connectivity index (χ2n) is 10.5. The molecule has 33 heavy (non-hydrogen) atoms. The second-order valence-corrected chi connectivity index (χ2v) is 10.5. The standard InChI is InChI=1S/C25H43N3O5/c1-17-5-2-3-8-22(17)28-25(32)27-19-11-9-18(10-12-19)15-23(29)26-20-6-4-7-21(16-20)33-14-13-24(30)31/h17-22H,2-16H2,1H3,(H,26,29)(H,30,31)(H2,27,28,32). The molecule has 3 amide bonds.